The van der Waals surface area contributed by atoms with E-state index in [2.05, 4.69) is 6.92 Å². The second-order valence-corrected chi connectivity index (χ2v) is 4.77. The lowest BCUT2D eigenvalue weighted by Gasteiger charge is -2.29. The minimum absolute atomic E-state index is 0.430. The van der Waals surface area contributed by atoms with Crippen molar-refractivity contribution in [3.05, 3.63) is 29.8 Å². The van der Waals surface area contributed by atoms with Crippen LogP contribution in [0.3, 0.4) is 0 Å². The molecule has 3 nitrogen and oxygen atoms in total. The number of hydrogen-bond acceptors (Lipinski definition) is 2. The zero-order valence-electron chi connectivity index (χ0n) is 10.1. The van der Waals surface area contributed by atoms with E-state index in [0.717, 1.165) is 12.0 Å². The molecule has 0 heterocycles. The Morgan fingerprint density at radius 2 is 2.00 bits per heavy atom. The van der Waals surface area contributed by atoms with E-state index in [9.17, 15) is 4.79 Å². The van der Waals surface area contributed by atoms with Gasteiger partial charge in [0.2, 0.25) is 0 Å². The number of para-hydroxylation sites is 1. The van der Waals surface area contributed by atoms with Gasteiger partial charge in [0.1, 0.15) is 5.75 Å². The molecule has 1 aromatic carbocycles. The Labute approximate surface area is 101 Å². The molecular weight excluding hydrogens is 216 g/mol. The first kappa shape index (κ1) is 12.0. The molecule has 1 aliphatic rings. The van der Waals surface area contributed by atoms with Crippen LogP contribution in [0.1, 0.15) is 44.1 Å². The van der Waals surface area contributed by atoms with Crippen LogP contribution >= 0.6 is 0 Å². The van der Waals surface area contributed by atoms with Crippen molar-refractivity contribution in [3.63, 3.8) is 0 Å². The van der Waals surface area contributed by atoms with Gasteiger partial charge in [-0.3, -0.25) is 0 Å². The second kappa shape index (κ2) is 5.21. The molecule has 2 unspecified atom stereocenters. The van der Waals surface area contributed by atoms with Crippen LogP contribution < -0.4 is 4.74 Å². The Morgan fingerprint density at radius 1 is 1.29 bits per heavy atom. The van der Waals surface area contributed by atoms with E-state index in [1.807, 2.05) is 18.2 Å². The maximum absolute atomic E-state index is 10.7. The zero-order valence-corrected chi connectivity index (χ0v) is 10.1. The van der Waals surface area contributed by atoms with Crippen molar-refractivity contribution in [3.8, 4) is 5.75 Å². The fourth-order valence-corrected chi connectivity index (χ4v) is 2.75. The van der Waals surface area contributed by atoms with Crippen LogP contribution in [0.5, 0.6) is 5.75 Å². The van der Waals surface area contributed by atoms with E-state index in [1.165, 1.54) is 19.3 Å². The molecule has 2 rings (SSSR count). The van der Waals surface area contributed by atoms with Gasteiger partial charge >= 0.3 is 6.16 Å². The van der Waals surface area contributed by atoms with E-state index in [4.69, 9.17) is 9.84 Å². The standard InChI is InChI=1S/C14H18O3/c1-10-6-2-3-7-11(10)12-8-4-5-9-13(12)17-14(15)16/h4-5,8-11H,2-3,6-7H2,1H3,(H,15,16). The van der Waals surface area contributed by atoms with Gasteiger partial charge in [-0.15, -0.1) is 0 Å². The SMILES string of the molecule is CC1CCCCC1c1ccccc1OC(=O)O. The molecule has 0 aromatic heterocycles. The Hall–Kier alpha value is -1.51. The third kappa shape index (κ3) is 2.78. The van der Waals surface area contributed by atoms with Gasteiger partial charge in [0.05, 0.1) is 0 Å². The number of carbonyl (C=O) groups is 1. The molecule has 1 fully saturated rings. The van der Waals surface area contributed by atoms with Gasteiger partial charge in [-0.05, 0) is 29.9 Å². The van der Waals surface area contributed by atoms with Gasteiger partial charge in [0, 0.05) is 0 Å². The monoisotopic (exact) mass is 234 g/mol. The number of benzene rings is 1. The second-order valence-electron chi connectivity index (χ2n) is 4.77. The molecule has 2 atom stereocenters. The summed E-state index contributed by atoms with van der Waals surface area (Å²) in [5.41, 5.74) is 1.04. The van der Waals surface area contributed by atoms with Crippen LogP contribution in [-0.4, -0.2) is 11.3 Å². The molecule has 1 N–H and O–H groups in total. The molecule has 0 saturated heterocycles. The first-order valence-electron chi connectivity index (χ1n) is 6.18. The molecular formula is C14H18O3. The smallest absolute Gasteiger partial charge is 0.449 e. The number of rotatable bonds is 2. The predicted octanol–water partition coefficient (Wildman–Crippen LogP) is 4.04. The Bertz CT molecular complexity index is 400. The number of carboxylic acid groups (broad SMARTS) is 1. The first-order chi connectivity index (χ1) is 8.18. The van der Waals surface area contributed by atoms with Gasteiger partial charge in [0.15, 0.2) is 0 Å². The average Bonchev–Trinajstić information content (AvgIpc) is 2.30. The molecule has 0 bridgehead atoms. The van der Waals surface area contributed by atoms with E-state index < -0.39 is 6.16 Å². The fourth-order valence-electron chi connectivity index (χ4n) is 2.75. The van der Waals surface area contributed by atoms with Gasteiger partial charge < -0.3 is 9.84 Å². The summed E-state index contributed by atoms with van der Waals surface area (Å²) in [6.07, 6.45) is 3.60. The van der Waals surface area contributed by atoms with Crippen molar-refractivity contribution in [2.75, 3.05) is 0 Å². The summed E-state index contributed by atoms with van der Waals surface area (Å²) in [5.74, 6) is 1.53. The molecule has 92 valence electrons. The minimum atomic E-state index is -1.24. The van der Waals surface area contributed by atoms with Gasteiger partial charge in [-0.2, -0.15) is 0 Å². The molecule has 3 heteroatoms. The van der Waals surface area contributed by atoms with Crippen molar-refractivity contribution >= 4 is 6.16 Å². The fraction of sp³-hybridized carbons (Fsp3) is 0.500. The highest BCUT2D eigenvalue weighted by molar-refractivity contribution is 5.62. The minimum Gasteiger partial charge on any atom is -0.449 e. The lowest BCUT2D eigenvalue weighted by atomic mass is 9.76. The summed E-state index contributed by atoms with van der Waals surface area (Å²) < 4.78 is 4.86. The first-order valence-corrected chi connectivity index (χ1v) is 6.18. The predicted molar refractivity (Wildman–Crippen MR) is 65.5 cm³/mol. The van der Waals surface area contributed by atoms with Crippen LogP contribution in [0, 0.1) is 5.92 Å². The van der Waals surface area contributed by atoms with Crippen molar-refractivity contribution in [2.24, 2.45) is 5.92 Å². The summed E-state index contributed by atoms with van der Waals surface area (Å²) in [7, 11) is 0. The molecule has 1 aromatic rings. The molecule has 0 spiro atoms. The summed E-state index contributed by atoms with van der Waals surface area (Å²) >= 11 is 0. The van der Waals surface area contributed by atoms with Crippen LogP contribution in [-0.2, 0) is 0 Å². The Kier molecular flexibility index (Phi) is 3.67. The average molecular weight is 234 g/mol. The highest BCUT2D eigenvalue weighted by Crippen LogP contribution is 2.41. The molecule has 17 heavy (non-hydrogen) atoms. The van der Waals surface area contributed by atoms with E-state index >= 15 is 0 Å². The highest BCUT2D eigenvalue weighted by Gasteiger charge is 2.25. The summed E-state index contributed by atoms with van der Waals surface area (Å²) in [6.45, 7) is 2.24. The number of hydrogen-bond donors (Lipinski definition) is 1. The molecule has 0 amide bonds. The lowest BCUT2D eigenvalue weighted by Crippen LogP contribution is -2.16. The van der Waals surface area contributed by atoms with Crippen LogP contribution in [0.2, 0.25) is 0 Å². The quantitative estimate of drug-likeness (QED) is 0.620. The van der Waals surface area contributed by atoms with E-state index in [0.29, 0.717) is 17.6 Å². The maximum Gasteiger partial charge on any atom is 0.511 e. The molecule has 1 aliphatic carbocycles. The van der Waals surface area contributed by atoms with Gasteiger partial charge in [-0.1, -0.05) is 44.4 Å². The third-order valence-electron chi connectivity index (χ3n) is 3.63. The third-order valence-corrected chi connectivity index (χ3v) is 3.63. The van der Waals surface area contributed by atoms with Crippen LogP contribution in [0.25, 0.3) is 0 Å². The van der Waals surface area contributed by atoms with Gasteiger partial charge in [0.25, 0.3) is 0 Å². The Morgan fingerprint density at radius 3 is 2.71 bits per heavy atom. The van der Waals surface area contributed by atoms with Crippen molar-refractivity contribution in [2.45, 2.75) is 38.5 Å². The molecule has 1 saturated carbocycles. The van der Waals surface area contributed by atoms with E-state index in [-0.39, 0.29) is 0 Å². The van der Waals surface area contributed by atoms with Crippen LogP contribution in [0.4, 0.5) is 4.79 Å². The largest absolute Gasteiger partial charge is 0.511 e. The molecule has 0 aliphatic heterocycles. The van der Waals surface area contributed by atoms with E-state index in [1.54, 1.807) is 6.07 Å². The van der Waals surface area contributed by atoms with Crippen molar-refractivity contribution < 1.29 is 14.6 Å². The van der Waals surface area contributed by atoms with Crippen molar-refractivity contribution in [1.82, 2.24) is 0 Å². The number of ether oxygens (including phenoxy) is 1. The van der Waals surface area contributed by atoms with Crippen LogP contribution in [0.15, 0.2) is 24.3 Å². The lowest BCUT2D eigenvalue weighted by molar-refractivity contribution is 0.143. The maximum atomic E-state index is 10.7. The summed E-state index contributed by atoms with van der Waals surface area (Å²) in [4.78, 5) is 10.7. The normalized spacial score (nSPS) is 24.3. The zero-order chi connectivity index (χ0) is 12.3. The summed E-state index contributed by atoms with van der Waals surface area (Å²) in [5, 5.41) is 8.73. The Balaban J connectivity index is 2.26. The molecule has 0 radical (unpaired) electrons. The van der Waals surface area contributed by atoms with Gasteiger partial charge in [-0.25, -0.2) is 4.79 Å². The topological polar surface area (TPSA) is 46.5 Å². The highest BCUT2D eigenvalue weighted by atomic mass is 16.7. The van der Waals surface area contributed by atoms with Crippen molar-refractivity contribution in [1.29, 1.82) is 0 Å². The summed E-state index contributed by atoms with van der Waals surface area (Å²) in [6, 6.07) is 7.50.